The zero-order valence-corrected chi connectivity index (χ0v) is 16.1. The lowest BCUT2D eigenvalue weighted by atomic mass is 9.84. The summed E-state index contributed by atoms with van der Waals surface area (Å²) in [6, 6.07) is 6.05. The fourth-order valence-electron chi connectivity index (χ4n) is 3.69. The Labute approximate surface area is 155 Å². The fraction of sp³-hybridized carbons (Fsp3) is 0.684. The minimum Gasteiger partial charge on any atom is -0.372 e. The molecule has 3 N–H and O–H groups in total. The molecule has 7 heteroatoms. The van der Waals surface area contributed by atoms with Crippen LogP contribution >= 0.6 is 0 Å². The maximum atomic E-state index is 13.3. The molecule has 26 heavy (non-hydrogen) atoms. The van der Waals surface area contributed by atoms with Gasteiger partial charge in [0, 0.05) is 11.6 Å². The largest absolute Gasteiger partial charge is 0.372 e. The maximum absolute atomic E-state index is 13.3. The van der Waals surface area contributed by atoms with Crippen molar-refractivity contribution < 1.29 is 17.9 Å². The highest BCUT2D eigenvalue weighted by Gasteiger charge is 2.37. The van der Waals surface area contributed by atoms with E-state index in [0.717, 1.165) is 44.9 Å². The summed E-state index contributed by atoms with van der Waals surface area (Å²) in [5.41, 5.74) is -0.755. The average molecular weight is 385 g/mol. The fourth-order valence-corrected chi connectivity index (χ4v) is 5.34. The standard InChI is InChI=1S/C19H29FN2O3S/c1-19(23,15-3-2-4-16(20)13-15)21-12-11-14-5-7-17(8-6-14)22-26(24,25)18-9-10-18/h2-4,13-14,17-18,21-23H,5-12H2,1H3. The Balaban J connectivity index is 1.40. The van der Waals surface area contributed by atoms with Gasteiger partial charge in [-0.1, -0.05) is 12.1 Å². The van der Waals surface area contributed by atoms with E-state index in [-0.39, 0.29) is 17.1 Å². The molecular formula is C19H29FN2O3S. The van der Waals surface area contributed by atoms with E-state index in [0.29, 0.717) is 18.0 Å². The van der Waals surface area contributed by atoms with Crippen LogP contribution in [0.25, 0.3) is 0 Å². The maximum Gasteiger partial charge on any atom is 0.214 e. The average Bonchev–Trinajstić information content (AvgIpc) is 3.42. The third-order valence-electron chi connectivity index (χ3n) is 5.55. The Kier molecular flexibility index (Phi) is 6.01. The van der Waals surface area contributed by atoms with Crippen LogP contribution in [0.15, 0.2) is 24.3 Å². The highest BCUT2D eigenvalue weighted by atomic mass is 32.2. The number of halogens is 1. The van der Waals surface area contributed by atoms with Crippen LogP contribution in [0.5, 0.6) is 0 Å². The minimum atomic E-state index is -3.10. The van der Waals surface area contributed by atoms with Gasteiger partial charge < -0.3 is 5.11 Å². The Morgan fingerprint density at radius 3 is 2.50 bits per heavy atom. The molecule has 0 saturated heterocycles. The van der Waals surface area contributed by atoms with E-state index in [4.69, 9.17) is 0 Å². The first-order chi connectivity index (χ1) is 12.3. The second-order valence-electron chi connectivity index (χ2n) is 7.88. The van der Waals surface area contributed by atoms with Gasteiger partial charge in [-0.3, -0.25) is 5.32 Å². The number of hydrogen-bond donors (Lipinski definition) is 3. The van der Waals surface area contributed by atoms with Crippen molar-refractivity contribution in [2.75, 3.05) is 6.54 Å². The van der Waals surface area contributed by atoms with Crippen molar-refractivity contribution >= 4 is 10.0 Å². The quantitative estimate of drug-likeness (QED) is 0.602. The van der Waals surface area contributed by atoms with Gasteiger partial charge in [-0.15, -0.1) is 0 Å². The normalized spacial score (nSPS) is 26.4. The third-order valence-corrected chi connectivity index (χ3v) is 7.56. The molecule has 0 aliphatic heterocycles. The summed E-state index contributed by atoms with van der Waals surface area (Å²) in [5.74, 6) is 0.157. The van der Waals surface area contributed by atoms with Gasteiger partial charge in [-0.25, -0.2) is 17.5 Å². The lowest BCUT2D eigenvalue weighted by molar-refractivity contribution is 0.0180. The molecule has 3 rings (SSSR count). The molecule has 1 unspecified atom stereocenters. The lowest BCUT2D eigenvalue weighted by Gasteiger charge is -2.31. The second-order valence-corrected chi connectivity index (χ2v) is 9.87. The van der Waals surface area contributed by atoms with E-state index in [1.807, 2.05) is 0 Å². The Morgan fingerprint density at radius 1 is 1.19 bits per heavy atom. The second kappa shape index (κ2) is 7.92. The van der Waals surface area contributed by atoms with Crippen LogP contribution in [0.2, 0.25) is 0 Å². The highest BCUT2D eigenvalue weighted by Crippen LogP contribution is 2.31. The molecule has 2 aliphatic rings. The van der Waals surface area contributed by atoms with Crippen molar-refractivity contribution in [2.45, 2.75) is 68.9 Å². The van der Waals surface area contributed by atoms with Crippen LogP contribution < -0.4 is 10.0 Å². The van der Waals surface area contributed by atoms with Gasteiger partial charge in [0.2, 0.25) is 10.0 Å². The molecule has 1 aromatic rings. The highest BCUT2D eigenvalue weighted by molar-refractivity contribution is 7.90. The molecule has 0 spiro atoms. The van der Waals surface area contributed by atoms with Gasteiger partial charge in [-0.2, -0.15) is 0 Å². The molecule has 0 radical (unpaired) electrons. The molecule has 146 valence electrons. The zero-order valence-electron chi connectivity index (χ0n) is 15.2. The summed E-state index contributed by atoms with van der Waals surface area (Å²) in [6.45, 7) is 2.26. The van der Waals surface area contributed by atoms with Crippen molar-refractivity contribution in [1.82, 2.24) is 10.0 Å². The number of nitrogens with one attached hydrogen (secondary N) is 2. The van der Waals surface area contributed by atoms with E-state index < -0.39 is 15.7 Å². The summed E-state index contributed by atoms with van der Waals surface area (Å²) in [7, 11) is -3.10. The molecule has 5 nitrogen and oxygen atoms in total. The molecule has 1 atom stereocenters. The predicted octanol–water partition coefficient (Wildman–Crippen LogP) is 2.61. The van der Waals surface area contributed by atoms with Crippen molar-refractivity contribution in [3.8, 4) is 0 Å². The van der Waals surface area contributed by atoms with E-state index in [1.165, 1.54) is 12.1 Å². The number of benzene rings is 1. The van der Waals surface area contributed by atoms with Gasteiger partial charge in [-0.05, 0) is 76.5 Å². The zero-order chi connectivity index (χ0) is 18.8. The van der Waals surface area contributed by atoms with Crippen molar-refractivity contribution in [3.63, 3.8) is 0 Å². The first kappa shape index (κ1) is 19.7. The van der Waals surface area contributed by atoms with Gasteiger partial charge in [0.1, 0.15) is 11.5 Å². The smallest absolute Gasteiger partial charge is 0.214 e. The summed E-state index contributed by atoms with van der Waals surface area (Å²) in [6.07, 6.45) is 6.22. The topological polar surface area (TPSA) is 78.4 Å². The van der Waals surface area contributed by atoms with E-state index in [2.05, 4.69) is 10.0 Å². The van der Waals surface area contributed by atoms with Crippen LogP contribution in [0.3, 0.4) is 0 Å². The van der Waals surface area contributed by atoms with Gasteiger partial charge in [0.25, 0.3) is 0 Å². The molecule has 0 aromatic heterocycles. The molecule has 2 saturated carbocycles. The Hall–Kier alpha value is -1.02. The van der Waals surface area contributed by atoms with Gasteiger partial charge in [0.05, 0.1) is 5.25 Å². The minimum absolute atomic E-state index is 0.0696. The van der Waals surface area contributed by atoms with Crippen LogP contribution in [0.1, 0.15) is 57.4 Å². The molecule has 2 aliphatic carbocycles. The predicted molar refractivity (Wildman–Crippen MR) is 99.4 cm³/mol. The first-order valence-corrected chi connectivity index (χ1v) is 11.1. The van der Waals surface area contributed by atoms with Crippen LogP contribution in [0.4, 0.5) is 4.39 Å². The van der Waals surface area contributed by atoms with Crippen molar-refractivity contribution in [3.05, 3.63) is 35.6 Å². The van der Waals surface area contributed by atoms with Gasteiger partial charge in [0.15, 0.2) is 0 Å². The number of rotatable bonds is 8. The number of hydrogen-bond acceptors (Lipinski definition) is 4. The molecule has 0 bridgehead atoms. The lowest BCUT2D eigenvalue weighted by Crippen LogP contribution is -2.41. The summed E-state index contributed by atoms with van der Waals surface area (Å²) < 4.78 is 40.2. The summed E-state index contributed by atoms with van der Waals surface area (Å²) in [4.78, 5) is 0. The third kappa shape index (κ3) is 5.25. The number of aliphatic hydroxyl groups is 1. The first-order valence-electron chi connectivity index (χ1n) is 9.51. The summed E-state index contributed by atoms with van der Waals surface area (Å²) >= 11 is 0. The molecule has 0 amide bonds. The van der Waals surface area contributed by atoms with E-state index in [9.17, 15) is 17.9 Å². The van der Waals surface area contributed by atoms with E-state index >= 15 is 0 Å². The van der Waals surface area contributed by atoms with Crippen LogP contribution in [-0.4, -0.2) is 31.4 Å². The van der Waals surface area contributed by atoms with E-state index in [1.54, 1.807) is 19.1 Å². The van der Waals surface area contributed by atoms with Crippen molar-refractivity contribution in [2.24, 2.45) is 5.92 Å². The molecule has 2 fully saturated rings. The molecule has 0 heterocycles. The molecule has 1 aromatic carbocycles. The van der Waals surface area contributed by atoms with Gasteiger partial charge >= 0.3 is 0 Å². The summed E-state index contributed by atoms with van der Waals surface area (Å²) in [5, 5.41) is 13.5. The van der Waals surface area contributed by atoms with Crippen molar-refractivity contribution in [1.29, 1.82) is 0 Å². The SMILES string of the molecule is CC(O)(NCCC1CCC(NS(=O)(=O)C2CC2)CC1)c1cccc(F)c1. The van der Waals surface area contributed by atoms with Crippen LogP contribution in [-0.2, 0) is 15.7 Å². The Morgan fingerprint density at radius 2 is 1.88 bits per heavy atom. The van der Waals surface area contributed by atoms with Crippen LogP contribution in [0, 0.1) is 11.7 Å². The monoisotopic (exact) mass is 384 g/mol. The Bertz CT molecular complexity index is 711. The molecular weight excluding hydrogens is 355 g/mol. The number of sulfonamides is 1.